The first-order valence-corrected chi connectivity index (χ1v) is 9.79. The molecule has 0 aliphatic carbocycles. The van der Waals surface area contributed by atoms with Crippen molar-refractivity contribution in [3.05, 3.63) is 6.33 Å². The molecular formula is C15H22N6O6S. The highest BCUT2D eigenvalue weighted by Crippen LogP contribution is 2.38. The lowest BCUT2D eigenvalue weighted by Gasteiger charge is -2.32. The van der Waals surface area contributed by atoms with E-state index < -0.39 is 36.6 Å². The van der Waals surface area contributed by atoms with Gasteiger partial charge in [-0.25, -0.2) is 15.0 Å². The Kier molecular flexibility index (Phi) is 6.02. The predicted octanol–water partition coefficient (Wildman–Crippen LogP) is -1.36. The summed E-state index contributed by atoms with van der Waals surface area (Å²) in [5.41, 5.74) is 0.0293. The first-order valence-electron chi connectivity index (χ1n) is 8.57. The Bertz CT molecular complexity index is 865. The van der Waals surface area contributed by atoms with Crippen LogP contribution in [0.3, 0.4) is 0 Å². The first-order chi connectivity index (χ1) is 13.4. The quantitative estimate of drug-likeness (QED) is 0.179. The zero-order chi connectivity index (χ0) is 20.5. The standard InChI is InChI=1S/C15H22N6O6S/c1-3-4-16-13(25)15(10(24)9(23)7(5-22)27-15)21-6-17-8-11(20-26)18-14(28-2)19-12(8)21/h6-7,9-10,22-24,26H,3-5H2,1-2H3,(H,16,25)(H,18,19,20)/t7-,9-,10-,15+/m1/s1. The van der Waals surface area contributed by atoms with Crippen LogP contribution in [0.2, 0.25) is 0 Å². The van der Waals surface area contributed by atoms with Gasteiger partial charge in [-0.15, -0.1) is 0 Å². The van der Waals surface area contributed by atoms with Gasteiger partial charge in [0.1, 0.15) is 24.6 Å². The van der Waals surface area contributed by atoms with Crippen LogP contribution in [0.25, 0.3) is 11.2 Å². The number of nitrogens with zero attached hydrogens (tertiary/aromatic N) is 4. The average Bonchev–Trinajstić information content (AvgIpc) is 3.25. The van der Waals surface area contributed by atoms with E-state index in [0.717, 1.165) is 0 Å². The third-order valence-electron chi connectivity index (χ3n) is 4.50. The minimum absolute atomic E-state index is 0.00367. The van der Waals surface area contributed by atoms with E-state index in [4.69, 9.17) is 4.74 Å². The number of aromatic nitrogens is 4. The topological polar surface area (TPSA) is 175 Å². The highest BCUT2D eigenvalue weighted by atomic mass is 32.2. The zero-order valence-electron chi connectivity index (χ0n) is 15.2. The van der Waals surface area contributed by atoms with E-state index in [1.165, 1.54) is 22.7 Å². The smallest absolute Gasteiger partial charge is 0.276 e. The molecule has 28 heavy (non-hydrogen) atoms. The maximum atomic E-state index is 13.0. The van der Waals surface area contributed by atoms with Crippen LogP contribution in [0.15, 0.2) is 11.5 Å². The van der Waals surface area contributed by atoms with Crippen LogP contribution in [-0.4, -0.2) is 83.7 Å². The van der Waals surface area contributed by atoms with Crippen molar-refractivity contribution in [1.29, 1.82) is 0 Å². The zero-order valence-corrected chi connectivity index (χ0v) is 16.0. The van der Waals surface area contributed by atoms with E-state index in [1.807, 2.05) is 12.4 Å². The van der Waals surface area contributed by atoms with Crippen molar-refractivity contribution in [1.82, 2.24) is 24.8 Å². The third-order valence-corrected chi connectivity index (χ3v) is 5.05. The van der Waals surface area contributed by atoms with E-state index in [1.54, 1.807) is 6.26 Å². The fraction of sp³-hybridized carbons (Fsp3) is 0.600. The van der Waals surface area contributed by atoms with Crippen molar-refractivity contribution < 1.29 is 30.1 Å². The van der Waals surface area contributed by atoms with Crippen LogP contribution in [0.5, 0.6) is 0 Å². The maximum Gasteiger partial charge on any atom is 0.276 e. The molecule has 0 spiro atoms. The molecule has 2 aromatic rings. The number of hydrogen-bond acceptors (Lipinski definition) is 11. The SMILES string of the molecule is CCCNC(=O)[C@@]1(n2cnc3c(NO)nc(SC)nc32)O[C@H](CO)[C@@H](O)[C@H]1O. The molecule has 0 saturated carbocycles. The maximum absolute atomic E-state index is 13.0. The minimum atomic E-state index is -2.12. The summed E-state index contributed by atoms with van der Waals surface area (Å²) in [6.07, 6.45) is -0.877. The number of carbonyl (C=O) groups excluding carboxylic acids is 1. The van der Waals surface area contributed by atoms with Crippen LogP contribution in [0.4, 0.5) is 5.82 Å². The second-order valence-electron chi connectivity index (χ2n) is 6.18. The lowest BCUT2D eigenvalue weighted by molar-refractivity contribution is -0.176. The molecule has 1 amide bonds. The number of thioether (sulfide) groups is 1. The Hall–Kier alpha value is -2.03. The molecule has 1 aliphatic rings. The molecule has 6 N–H and O–H groups in total. The van der Waals surface area contributed by atoms with E-state index in [-0.39, 0.29) is 22.1 Å². The summed E-state index contributed by atoms with van der Waals surface area (Å²) in [6, 6.07) is 0. The lowest BCUT2D eigenvalue weighted by Crippen LogP contribution is -2.56. The highest BCUT2D eigenvalue weighted by Gasteiger charge is 2.61. The Morgan fingerprint density at radius 2 is 2.18 bits per heavy atom. The Morgan fingerprint density at radius 3 is 2.75 bits per heavy atom. The summed E-state index contributed by atoms with van der Waals surface area (Å²) in [6.45, 7) is 1.55. The number of amides is 1. The van der Waals surface area contributed by atoms with Crippen molar-refractivity contribution in [3.8, 4) is 0 Å². The van der Waals surface area contributed by atoms with Crippen LogP contribution in [0, 0.1) is 0 Å². The average molecular weight is 414 g/mol. The molecule has 0 aromatic carbocycles. The molecule has 3 rings (SSSR count). The van der Waals surface area contributed by atoms with Gasteiger partial charge in [0, 0.05) is 6.54 Å². The fourth-order valence-corrected chi connectivity index (χ4v) is 3.46. The summed E-state index contributed by atoms with van der Waals surface area (Å²) in [7, 11) is 0. The van der Waals surface area contributed by atoms with Crippen LogP contribution in [0.1, 0.15) is 13.3 Å². The van der Waals surface area contributed by atoms with Gasteiger partial charge in [-0.2, -0.15) is 0 Å². The Labute approximate surface area is 163 Å². The molecule has 0 radical (unpaired) electrons. The van der Waals surface area contributed by atoms with E-state index in [0.29, 0.717) is 13.0 Å². The number of aliphatic hydroxyl groups excluding tert-OH is 3. The van der Waals surface area contributed by atoms with Gasteiger partial charge >= 0.3 is 0 Å². The van der Waals surface area contributed by atoms with Crippen molar-refractivity contribution >= 4 is 34.7 Å². The van der Waals surface area contributed by atoms with Crippen LogP contribution in [-0.2, 0) is 15.3 Å². The third kappa shape index (κ3) is 3.09. The molecule has 1 aliphatic heterocycles. The highest BCUT2D eigenvalue weighted by molar-refractivity contribution is 7.98. The number of anilines is 1. The second kappa shape index (κ2) is 8.14. The predicted molar refractivity (Wildman–Crippen MR) is 97.8 cm³/mol. The molecule has 12 nitrogen and oxygen atoms in total. The molecule has 2 aromatic heterocycles. The molecule has 0 unspecified atom stereocenters. The van der Waals surface area contributed by atoms with Gasteiger partial charge in [-0.1, -0.05) is 18.7 Å². The molecular weight excluding hydrogens is 392 g/mol. The molecule has 13 heteroatoms. The summed E-state index contributed by atoms with van der Waals surface area (Å²) in [4.78, 5) is 25.6. The minimum Gasteiger partial charge on any atom is -0.394 e. The van der Waals surface area contributed by atoms with Gasteiger partial charge in [0.15, 0.2) is 22.1 Å². The Morgan fingerprint density at radius 1 is 1.43 bits per heavy atom. The van der Waals surface area contributed by atoms with Gasteiger partial charge in [0.25, 0.3) is 11.6 Å². The van der Waals surface area contributed by atoms with E-state index >= 15 is 0 Å². The second-order valence-corrected chi connectivity index (χ2v) is 6.96. The number of nitrogens with one attached hydrogen (secondary N) is 2. The van der Waals surface area contributed by atoms with Crippen molar-refractivity contribution in [2.24, 2.45) is 0 Å². The van der Waals surface area contributed by atoms with Gasteiger partial charge in [-0.05, 0) is 12.7 Å². The van der Waals surface area contributed by atoms with Crippen molar-refractivity contribution in [2.45, 2.75) is 42.5 Å². The molecule has 3 heterocycles. The summed E-state index contributed by atoms with van der Waals surface area (Å²) >= 11 is 1.19. The number of ether oxygens (including phenoxy) is 1. The summed E-state index contributed by atoms with van der Waals surface area (Å²) in [5.74, 6) is -0.720. The van der Waals surface area contributed by atoms with Gasteiger partial charge in [0.2, 0.25) is 0 Å². The number of fused-ring (bicyclic) bond motifs is 1. The van der Waals surface area contributed by atoms with Gasteiger partial charge < -0.3 is 25.4 Å². The molecule has 0 bridgehead atoms. The molecule has 4 atom stereocenters. The lowest BCUT2D eigenvalue weighted by atomic mass is 10.0. The monoisotopic (exact) mass is 414 g/mol. The van der Waals surface area contributed by atoms with Gasteiger partial charge in [-0.3, -0.25) is 20.0 Å². The molecule has 154 valence electrons. The van der Waals surface area contributed by atoms with Gasteiger partial charge in [0.05, 0.1) is 6.61 Å². The largest absolute Gasteiger partial charge is 0.394 e. The van der Waals surface area contributed by atoms with Crippen molar-refractivity contribution in [2.75, 3.05) is 24.9 Å². The number of hydrogen-bond donors (Lipinski definition) is 6. The van der Waals surface area contributed by atoms with Crippen LogP contribution >= 0.6 is 11.8 Å². The fourth-order valence-electron chi connectivity index (χ4n) is 3.10. The molecule has 1 saturated heterocycles. The van der Waals surface area contributed by atoms with E-state index in [2.05, 4.69) is 20.3 Å². The first kappa shape index (κ1) is 20.7. The Balaban J connectivity index is 2.23. The van der Waals surface area contributed by atoms with E-state index in [9.17, 15) is 25.3 Å². The number of aliphatic hydroxyl groups is 3. The summed E-state index contributed by atoms with van der Waals surface area (Å²) < 4.78 is 6.87. The number of imidazole rings is 1. The molecule has 1 fully saturated rings. The van der Waals surface area contributed by atoms with Crippen LogP contribution < -0.4 is 10.8 Å². The summed E-state index contributed by atoms with van der Waals surface area (Å²) in [5, 5.41) is 42.8. The van der Waals surface area contributed by atoms with Crippen molar-refractivity contribution in [3.63, 3.8) is 0 Å². The normalized spacial score (nSPS) is 27.3. The number of carbonyl (C=O) groups is 1. The number of rotatable bonds is 7.